The first-order valence-electron chi connectivity index (χ1n) is 11.2. The highest BCUT2D eigenvalue weighted by molar-refractivity contribution is 5.93. The standard InChI is InChI=1S/C28H28N4O4/c1-3-4-5-9-23-13-19(2)8-6-7-12-32(23)24-16-22(30-18-24)11-10-20(27(33)34)14-25(29)26-15-21(17-31-26)28(35)36/h3-10,12-18,22,31H,2,11,29H2,1H3,(H,33,34)(H,35,36)/b4-3-,8-6-,9-5-,12-7-,20-10+,23-13-,25-14-. The Morgan fingerprint density at radius 3 is 2.78 bits per heavy atom. The summed E-state index contributed by atoms with van der Waals surface area (Å²) in [5, 5.41) is 18.7. The number of aliphatic carboxylic acids is 1. The molecule has 1 aromatic rings. The lowest BCUT2D eigenvalue weighted by Crippen LogP contribution is -2.16. The average molecular weight is 485 g/mol. The molecule has 0 saturated heterocycles. The molecular weight excluding hydrogens is 456 g/mol. The molecule has 0 bridgehead atoms. The van der Waals surface area contributed by atoms with E-state index < -0.39 is 11.9 Å². The third-order valence-corrected chi connectivity index (χ3v) is 5.26. The van der Waals surface area contributed by atoms with Gasteiger partial charge < -0.3 is 25.8 Å². The molecule has 0 aromatic carbocycles. The van der Waals surface area contributed by atoms with Gasteiger partial charge in [0.05, 0.1) is 34.3 Å². The first-order chi connectivity index (χ1) is 17.3. The Balaban J connectivity index is 1.81. The van der Waals surface area contributed by atoms with Crippen molar-refractivity contribution in [3.8, 4) is 0 Å². The number of carboxylic acids is 2. The fourth-order valence-corrected chi connectivity index (χ4v) is 3.45. The second-order valence-corrected chi connectivity index (χ2v) is 7.94. The fraction of sp³-hybridized carbons (Fsp3) is 0.107. The predicted octanol–water partition coefficient (Wildman–Crippen LogP) is 4.71. The number of carboxylic acid groups (broad SMARTS) is 2. The summed E-state index contributed by atoms with van der Waals surface area (Å²) in [5.74, 6) is -2.25. The molecule has 8 nitrogen and oxygen atoms in total. The molecule has 3 rings (SSSR count). The molecule has 0 aliphatic carbocycles. The van der Waals surface area contributed by atoms with Crippen LogP contribution in [0.3, 0.4) is 0 Å². The molecule has 184 valence electrons. The van der Waals surface area contributed by atoms with Crippen molar-refractivity contribution in [1.29, 1.82) is 0 Å². The summed E-state index contributed by atoms with van der Waals surface area (Å²) in [4.78, 5) is 32.1. The van der Waals surface area contributed by atoms with Gasteiger partial charge in [-0.05, 0) is 55.4 Å². The Labute approximate surface area is 209 Å². The summed E-state index contributed by atoms with van der Waals surface area (Å²) in [5.41, 5.74) is 9.07. The third kappa shape index (κ3) is 6.83. The zero-order valence-corrected chi connectivity index (χ0v) is 19.8. The van der Waals surface area contributed by atoms with Gasteiger partial charge in [0.1, 0.15) is 0 Å². The summed E-state index contributed by atoms with van der Waals surface area (Å²) >= 11 is 0. The highest BCUT2D eigenvalue weighted by atomic mass is 16.4. The number of hydrogen-bond donors (Lipinski definition) is 4. The monoisotopic (exact) mass is 484 g/mol. The first-order valence-corrected chi connectivity index (χ1v) is 11.2. The van der Waals surface area contributed by atoms with Crippen molar-refractivity contribution in [2.24, 2.45) is 10.7 Å². The third-order valence-electron chi connectivity index (χ3n) is 5.26. The molecule has 1 atom stereocenters. The molecule has 0 saturated carbocycles. The number of aromatic nitrogens is 1. The van der Waals surface area contributed by atoms with Gasteiger partial charge in [0.25, 0.3) is 0 Å². The smallest absolute Gasteiger partial charge is 0.337 e. The molecule has 5 N–H and O–H groups in total. The van der Waals surface area contributed by atoms with Crippen LogP contribution in [-0.4, -0.2) is 44.3 Å². The summed E-state index contributed by atoms with van der Waals surface area (Å²) in [6.07, 6.45) is 25.6. The van der Waals surface area contributed by atoms with E-state index >= 15 is 0 Å². The van der Waals surface area contributed by atoms with Gasteiger partial charge in [-0.15, -0.1) is 0 Å². The Hall–Kier alpha value is -4.85. The van der Waals surface area contributed by atoms with Gasteiger partial charge in [-0.25, -0.2) is 9.59 Å². The molecule has 0 radical (unpaired) electrons. The minimum absolute atomic E-state index is 0.0153. The molecule has 1 aromatic heterocycles. The van der Waals surface area contributed by atoms with Crippen molar-refractivity contribution in [2.75, 3.05) is 0 Å². The van der Waals surface area contributed by atoms with Crippen molar-refractivity contribution < 1.29 is 19.8 Å². The lowest BCUT2D eigenvalue weighted by Gasteiger charge is -2.22. The van der Waals surface area contributed by atoms with Gasteiger partial charge in [-0.2, -0.15) is 0 Å². The van der Waals surface area contributed by atoms with Gasteiger partial charge in [0.15, 0.2) is 0 Å². The molecular formula is C28H28N4O4. The number of allylic oxidation sites excluding steroid dienone is 10. The Morgan fingerprint density at radius 1 is 1.28 bits per heavy atom. The van der Waals surface area contributed by atoms with Crippen LogP contribution in [0.1, 0.15) is 29.4 Å². The number of nitrogens with two attached hydrogens (primary N) is 1. The van der Waals surface area contributed by atoms with Gasteiger partial charge in [0.2, 0.25) is 0 Å². The maximum Gasteiger partial charge on any atom is 0.337 e. The van der Waals surface area contributed by atoms with Crippen molar-refractivity contribution in [1.82, 2.24) is 9.88 Å². The number of H-pyrrole nitrogens is 1. The number of aromatic carboxylic acids is 1. The first kappa shape index (κ1) is 25.8. The molecule has 0 spiro atoms. The van der Waals surface area contributed by atoms with E-state index in [1.54, 1.807) is 12.3 Å². The lowest BCUT2D eigenvalue weighted by molar-refractivity contribution is -0.132. The zero-order valence-electron chi connectivity index (χ0n) is 19.8. The highest BCUT2D eigenvalue weighted by Gasteiger charge is 2.18. The number of nitrogens with one attached hydrogen (secondary N) is 1. The fourth-order valence-electron chi connectivity index (χ4n) is 3.45. The van der Waals surface area contributed by atoms with Crippen molar-refractivity contribution in [2.45, 2.75) is 19.4 Å². The summed E-state index contributed by atoms with van der Waals surface area (Å²) < 4.78 is 0. The van der Waals surface area contributed by atoms with E-state index in [1.807, 2.05) is 72.7 Å². The van der Waals surface area contributed by atoms with E-state index in [-0.39, 0.29) is 22.9 Å². The van der Waals surface area contributed by atoms with Crippen LogP contribution in [0.5, 0.6) is 0 Å². The number of carbonyl (C=O) groups is 2. The normalized spacial score (nSPS) is 21.9. The Bertz CT molecular complexity index is 1310. The minimum Gasteiger partial charge on any atom is -0.478 e. The average Bonchev–Trinajstić information content (AvgIpc) is 3.50. The molecule has 36 heavy (non-hydrogen) atoms. The minimum atomic E-state index is -1.15. The van der Waals surface area contributed by atoms with E-state index in [0.717, 1.165) is 17.0 Å². The topological polar surface area (TPSA) is 132 Å². The predicted molar refractivity (Wildman–Crippen MR) is 142 cm³/mol. The summed E-state index contributed by atoms with van der Waals surface area (Å²) in [6, 6.07) is 1.09. The largest absolute Gasteiger partial charge is 0.478 e. The lowest BCUT2D eigenvalue weighted by atomic mass is 10.1. The van der Waals surface area contributed by atoms with Crippen LogP contribution >= 0.6 is 0 Å². The van der Waals surface area contributed by atoms with E-state index in [2.05, 4.69) is 16.6 Å². The quantitative estimate of drug-likeness (QED) is 0.296. The number of rotatable bonds is 9. The second-order valence-electron chi connectivity index (χ2n) is 7.94. The van der Waals surface area contributed by atoms with E-state index in [1.165, 1.54) is 18.3 Å². The molecule has 2 aliphatic rings. The summed E-state index contributed by atoms with van der Waals surface area (Å²) in [7, 11) is 0. The number of hydrogen-bond acceptors (Lipinski definition) is 5. The van der Waals surface area contributed by atoms with Crippen molar-refractivity contribution in [3.63, 3.8) is 0 Å². The molecule has 2 aliphatic heterocycles. The number of aliphatic imine (C=N–C) groups is 1. The second kappa shape index (κ2) is 12.0. The van der Waals surface area contributed by atoms with Gasteiger partial charge >= 0.3 is 11.9 Å². The van der Waals surface area contributed by atoms with Crippen LogP contribution in [0.25, 0.3) is 5.70 Å². The van der Waals surface area contributed by atoms with Crippen LogP contribution in [-0.2, 0) is 4.79 Å². The molecule has 1 unspecified atom stereocenters. The van der Waals surface area contributed by atoms with E-state index in [9.17, 15) is 14.7 Å². The van der Waals surface area contributed by atoms with Crippen LogP contribution < -0.4 is 5.73 Å². The van der Waals surface area contributed by atoms with Crippen molar-refractivity contribution in [3.05, 3.63) is 126 Å². The van der Waals surface area contributed by atoms with Gasteiger partial charge in [-0.3, -0.25) is 4.99 Å². The van der Waals surface area contributed by atoms with E-state index in [4.69, 9.17) is 10.8 Å². The molecule has 3 heterocycles. The molecule has 0 amide bonds. The maximum atomic E-state index is 11.8. The van der Waals surface area contributed by atoms with Crippen molar-refractivity contribution >= 4 is 23.9 Å². The summed E-state index contributed by atoms with van der Waals surface area (Å²) in [6.45, 7) is 6.00. The van der Waals surface area contributed by atoms with Crippen LogP contribution in [0, 0.1) is 0 Å². The van der Waals surface area contributed by atoms with E-state index in [0.29, 0.717) is 12.1 Å². The van der Waals surface area contributed by atoms with Crippen LogP contribution in [0.15, 0.2) is 119 Å². The van der Waals surface area contributed by atoms with Gasteiger partial charge in [0, 0.05) is 24.3 Å². The Morgan fingerprint density at radius 2 is 2.08 bits per heavy atom. The number of nitrogens with zero attached hydrogens (tertiary/aromatic N) is 2. The SMILES string of the molecule is C=C1/C=C\C=C/N(C2=CC(C/C=C(\C=C(/N)c3cc(C(=O)O)c[nH]3)C(=O)O)N=C2)C(/C=C\C=C/C)=C\1. The number of aromatic amines is 1. The zero-order chi connectivity index (χ0) is 26.1. The highest BCUT2D eigenvalue weighted by Crippen LogP contribution is 2.24. The molecule has 8 heteroatoms. The molecule has 0 fully saturated rings. The van der Waals surface area contributed by atoms with Crippen LogP contribution in [0.4, 0.5) is 0 Å². The Kier molecular flexibility index (Phi) is 8.61. The van der Waals surface area contributed by atoms with Gasteiger partial charge in [-0.1, -0.05) is 43.0 Å². The maximum absolute atomic E-state index is 11.8. The van der Waals surface area contributed by atoms with Crippen LogP contribution in [0.2, 0.25) is 0 Å².